The molecule has 1 N–H and O–H groups in total. The van der Waals surface area contributed by atoms with E-state index < -0.39 is 5.97 Å². The SMILES string of the molecule is CCCn1c(CC(C)CC(=O)O)nc2ccccc21. The van der Waals surface area contributed by atoms with E-state index in [4.69, 9.17) is 5.11 Å². The van der Waals surface area contributed by atoms with Crippen LogP contribution in [0.1, 0.15) is 32.5 Å². The fourth-order valence-electron chi connectivity index (χ4n) is 2.44. The molecule has 0 amide bonds. The molecule has 1 unspecified atom stereocenters. The highest BCUT2D eigenvalue weighted by Crippen LogP contribution is 2.19. The van der Waals surface area contributed by atoms with Crippen LogP contribution < -0.4 is 0 Å². The lowest BCUT2D eigenvalue weighted by Gasteiger charge is -2.11. The van der Waals surface area contributed by atoms with Crippen molar-refractivity contribution in [3.05, 3.63) is 30.1 Å². The smallest absolute Gasteiger partial charge is 0.303 e. The van der Waals surface area contributed by atoms with Crippen molar-refractivity contribution in [2.75, 3.05) is 0 Å². The molecule has 0 spiro atoms. The fourth-order valence-corrected chi connectivity index (χ4v) is 2.44. The quantitative estimate of drug-likeness (QED) is 0.868. The van der Waals surface area contributed by atoms with Crippen LogP contribution in [0.5, 0.6) is 0 Å². The zero-order valence-electron chi connectivity index (χ0n) is 11.5. The van der Waals surface area contributed by atoms with Gasteiger partial charge in [0.2, 0.25) is 0 Å². The second kappa shape index (κ2) is 5.87. The summed E-state index contributed by atoms with van der Waals surface area (Å²) in [6, 6.07) is 8.08. The van der Waals surface area contributed by atoms with Crippen LogP contribution in [-0.2, 0) is 17.8 Å². The average molecular weight is 260 g/mol. The lowest BCUT2D eigenvalue weighted by molar-refractivity contribution is -0.137. The van der Waals surface area contributed by atoms with E-state index in [2.05, 4.69) is 22.5 Å². The number of aryl methyl sites for hydroxylation is 1. The second-order valence-corrected chi connectivity index (χ2v) is 5.08. The minimum absolute atomic E-state index is 0.102. The first-order valence-corrected chi connectivity index (χ1v) is 6.77. The largest absolute Gasteiger partial charge is 0.481 e. The van der Waals surface area contributed by atoms with E-state index in [1.807, 2.05) is 25.1 Å². The van der Waals surface area contributed by atoms with Gasteiger partial charge in [0.1, 0.15) is 5.82 Å². The van der Waals surface area contributed by atoms with Gasteiger partial charge in [-0.05, 0) is 24.5 Å². The van der Waals surface area contributed by atoms with E-state index in [1.165, 1.54) is 0 Å². The molecule has 2 aromatic rings. The molecule has 0 aliphatic carbocycles. The van der Waals surface area contributed by atoms with Crippen molar-refractivity contribution < 1.29 is 9.90 Å². The Morgan fingerprint density at radius 2 is 2.16 bits per heavy atom. The zero-order valence-corrected chi connectivity index (χ0v) is 11.5. The summed E-state index contributed by atoms with van der Waals surface area (Å²) >= 11 is 0. The van der Waals surface area contributed by atoms with E-state index in [0.717, 1.165) is 29.8 Å². The molecule has 1 atom stereocenters. The van der Waals surface area contributed by atoms with Gasteiger partial charge in [0, 0.05) is 19.4 Å². The molecular weight excluding hydrogens is 240 g/mol. The van der Waals surface area contributed by atoms with Crippen LogP contribution in [0.4, 0.5) is 0 Å². The number of para-hydroxylation sites is 2. The highest BCUT2D eigenvalue weighted by molar-refractivity contribution is 5.76. The van der Waals surface area contributed by atoms with Gasteiger partial charge in [-0.3, -0.25) is 4.79 Å². The Hall–Kier alpha value is -1.84. The van der Waals surface area contributed by atoms with Crippen molar-refractivity contribution in [3.8, 4) is 0 Å². The van der Waals surface area contributed by atoms with Gasteiger partial charge < -0.3 is 9.67 Å². The number of carboxylic acids is 1. The number of rotatable bonds is 6. The Balaban J connectivity index is 2.30. The van der Waals surface area contributed by atoms with E-state index in [-0.39, 0.29) is 12.3 Å². The normalized spacial score (nSPS) is 12.7. The lowest BCUT2D eigenvalue weighted by Crippen LogP contribution is -2.11. The Kier molecular flexibility index (Phi) is 4.20. The molecule has 0 aliphatic heterocycles. The van der Waals surface area contributed by atoms with Crippen LogP contribution in [-0.4, -0.2) is 20.6 Å². The van der Waals surface area contributed by atoms with E-state index in [1.54, 1.807) is 0 Å². The topological polar surface area (TPSA) is 55.1 Å². The maximum Gasteiger partial charge on any atom is 0.303 e. The number of fused-ring (bicyclic) bond motifs is 1. The third kappa shape index (κ3) is 3.13. The number of aliphatic carboxylic acids is 1. The summed E-state index contributed by atoms with van der Waals surface area (Å²) in [6.45, 7) is 5.03. The van der Waals surface area contributed by atoms with Gasteiger partial charge in [0.25, 0.3) is 0 Å². The number of hydrogen-bond donors (Lipinski definition) is 1. The van der Waals surface area contributed by atoms with Crippen molar-refractivity contribution in [2.45, 2.75) is 39.7 Å². The van der Waals surface area contributed by atoms with Gasteiger partial charge in [-0.2, -0.15) is 0 Å². The number of imidazole rings is 1. The van der Waals surface area contributed by atoms with Crippen molar-refractivity contribution in [3.63, 3.8) is 0 Å². The van der Waals surface area contributed by atoms with Crippen LogP contribution in [0.2, 0.25) is 0 Å². The third-order valence-electron chi connectivity index (χ3n) is 3.23. The van der Waals surface area contributed by atoms with Crippen molar-refractivity contribution >= 4 is 17.0 Å². The van der Waals surface area contributed by atoms with Crippen molar-refractivity contribution in [1.29, 1.82) is 0 Å². The first-order valence-electron chi connectivity index (χ1n) is 6.77. The monoisotopic (exact) mass is 260 g/mol. The molecule has 1 aromatic carbocycles. The summed E-state index contributed by atoms with van der Waals surface area (Å²) < 4.78 is 2.22. The highest BCUT2D eigenvalue weighted by Gasteiger charge is 2.14. The fraction of sp³-hybridized carbons (Fsp3) is 0.467. The summed E-state index contributed by atoms with van der Waals surface area (Å²) in [5.74, 6) is 0.354. The number of carboxylic acid groups (broad SMARTS) is 1. The lowest BCUT2D eigenvalue weighted by atomic mass is 10.0. The summed E-state index contributed by atoms with van der Waals surface area (Å²) in [6.07, 6.45) is 1.94. The predicted octanol–water partition coefficient (Wildman–Crippen LogP) is 3.10. The molecule has 19 heavy (non-hydrogen) atoms. The van der Waals surface area contributed by atoms with Crippen LogP contribution in [0.25, 0.3) is 11.0 Å². The van der Waals surface area contributed by atoms with E-state index in [9.17, 15) is 4.79 Å². The van der Waals surface area contributed by atoms with Crippen LogP contribution in [0, 0.1) is 5.92 Å². The molecule has 2 rings (SSSR count). The molecule has 1 aromatic heterocycles. The number of hydrogen-bond acceptors (Lipinski definition) is 2. The predicted molar refractivity (Wildman–Crippen MR) is 75.1 cm³/mol. The molecule has 102 valence electrons. The van der Waals surface area contributed by atoms with Crippen LogP contribution in [0.3, 0.4) is 0 Å². The molecule has 4 heteroatoms. The standard InChI is InChI=1S/C15H20N2O2/c1-3-8-17-13-7-5-4-6-12(13)16-14(17)9-11(2)10-15(18)19/h4-7,11H,3,8-10H2,1-2H3,(H,18,19). The minimum atomic E-state index is -0.745. The Morgan fingerprint density at radius 1 is 1.42 bits per heavy atom. The molecule has 0 radical (unpaired) electrons. The Bertz CT molecular complexity index is 575. The number of benzene rings is 1. The Labute approximate surface area is 113 Å². The summed E-state index contributed by atoms with van der Waals surface area (Å²) in [5, 5.41) is 8.85. The molecule has 4 nitrogen and oxygen atoms in total. The maximum absolute atomic E-state index is 10.8. The molecule has 0 aliphatic rings. The third-order valence-corrected chi connectivity index (χ3v) is 3.23. The van der Waals surface area contributed by atoms with E-state index in [0.29, 0.717) is 6.42 Å². The van der Waals surface area contributed by atoms with Gasteiger partial charge in [-0.15, -0.1) is 0 Å². The molecule has 0 saturated carbocycles. The number of aromatic nitrogens is 2. The summed E-state index contributed by atoms with van der Waals surface area (Å²) in [4.78, 5) is 15.4. The van der Waals surface area contributed by atoms with Gasteiger partial charge in [-0.25, -0.2) is 4.98 Å². The maximum atomic E-state index is 10.8. The number of nitrogens with zero attached hydrogens (tertiary/aromatic N) is 2. The number of carbonyl (C=O) groups is 1. The van der Waals surface area contributed by atoms with Crippen molar-refractivity contribution in [1.82, 2.24) is 9.55 Å². The average Bonchev–Trinajstić information content (AvgIpc) is 2.67. The molecule has 0 saturated heterocycles. The zero-order chi connectivity index (χ0) is 13.8. The van der Waals surface area contributed by atoms with Gasteiger partial charge in [0.05, 0.1) is 11.0 Å². The first kappa shape index (κ1) is 13.6. The Morgan fingerprint density at radius 3 is 2.84 bits per heavy atom. The second-order valence-electron chi connectivity index (χ2n) is 5.08. The molecule has 1 heterocycles. The van der Waals surface area contributed by atoms with Crippen LogP contribution >= 0.6 is 0 Å². The molecule has 0 bridgehead atoms. The van der Waals surface area contributed by atoms with Gasteiger partial charge in [-0.1, -0.05) is 26.0 Å². The van der Waals surface area contributed by atoms with Crippen LogP contribution in [0.15, 0.2) is 24.3 Å². The molecule has 0 fully saturated rings. The minimum Gasteiger partial charge on any atom is -0.481 e. The highest BCUT2D eigenvalue weighted by atomic mass is 16.4. The van der Waals surface area contributed by atoms with Gasteiger partial charge in [0.15, 0.2) is 0 Å². The summed E-state index contributed by atoms with van der Waals surface area (Å²) in [7, 11) is 0. The van der Waals surface area contributed by atoms with Gasteiger partial charge >= 0.3 is 5.97 Å². The molecular formula is C15H20N2O2. The summed E-state index contributed by atoms with van der Waals surface area (Å²) in [5.41, 5.74) is 2.13. The van der Waals surface area contributed by atoms with E-state index >= 15 is 0 Å². The van der Waals surface area contributed by atoms with Crippen molar-refractivity contribution in [2.24, 2.45) is 5.92 Å². The first-order chi connectivity index (χ1) is 9.11.